The van der Waals surface area contributed by atoms with Crippen molar-refractivity contribution in [1.29, 1.82) is 0 Å². The smallest absolute Gasteiger partial charge is 0.358 e. The number of rotatable bonds is 4. The molecule has 1 aliphatic carbocycles. The van der Waals surface area contributed by atoms with Crippen molar-refractivity contribution in [3.63, 3.8) is 0 Å². The minimum Gasteiger partial charge on any atom is -0.478 e. The lowest BCUT2D eigenvalue weighted by molar-refractivity contribution is 0.0680. The molecule has 0 atom stereocenters. The van der Waals surface area contributed by atoms with Gasteiger partial charge in [-0.05, 0) is 37.1 Å². The van der Waals surface area contributed by atoms with Crippen LogP contribution in [-0.2, 0) is 0 Å². The number of carboxylic acid groups (broad SMARTS) is 2. The van der Waals surface area contributed by atoms with Crippen LogP contribution in [0.15, 0.2) is 24.3 Å². The number of aromatic nitrogens is 3. The molecule has 0 bridgehead atoms. The maximum absolute atomic E-state index is 11.3. The van der Waals surface area contributed by atoms with Crippen molar-refractivity contribution in [3.05, 3.63) is 41.2 Å². The van der Waals surface area contributed by atoms with Gasteiger partial charge in [-0.25, -0.2) is 14.3 Å². The molecule has 2 aromatic rings. The van der Waals surface area contributed by atoms with Gasteiger partial charge in [-0.2, -0.15) is 0 Å². The maximum Gasteiger partial charge on any atom is 0.358 e. The van der Waals surface area contributed by atoms with Gasteiger partial charge in [0.1, 0.15) is 0 Å². The average Bonchev–Trinajstić information content (AvgIpc) is 2.81. The van der Waals surface area contributed by atoms with Crippen LogP contribution < -0.4 is 0 Å². The molecule has 1 heterocycles. The summed E-state index contributed by atoms with van der Waals surface area (Å²) in [4.78, 5) is 22.1. The summed E-state index contributed by atoms with van der Waals surface area (Å²) in [6, 6.07) is 6.13. The number of hydrogen-bond donors (Lipinski definition) is 2. The second-order valence-electron chi connectivity index (χ2n) is 5.02. The third-order valence-electron chi connectivity index (χ3n) is 3.76. The van der Waals surface area contributed by atoms with Gasteiger partial charge in [0.05, 0.1) is 16.9 Å². The minimum absolute atomic E-state index is 0.0259. The summed E-state index contributed by atoms with van der Waals surface area (Å²) in [6.45, 7) is 0. The Balaban J connectivity index is 2.05. The molecule has 7 nitrogen and oxygen atoms in total. The van der Waals surface area contributed by atoms with Crippen molar-refractivity contribution in [2.24, 2.45) is 0 Å². The fraction of sp³-hybridized carbons (Fsp3) is 0.286. The van der Waals surface area contributed by atoms with Gasteiger partial charge >= 0.3 is 11.9 Å². The summed E-state index contributed by atoms with van der Waals surface area (Å²) in [5.74, 6) is -1.96. The summed E-state index contributed by atoms with van der Waals surface area (Å²) in [6.07, 6.45) is 2.90. The van der Waals surface area contributed by atoms with Gasteiger partial charge in [-0.1, -0.05) is 11.6 Å². The molecule has 0 amide bonds. The number of benzene rings is 1. The van der Waals surface area contributed by atoms with E-state index in [1.165, 1.54) is 16.8 Å². The Kier molecular flexibility index (Phi) is 3.17. The molecule has 1 saturated carbocycles. The van der Waals surface area contributed by atoms with Crippen LogP contribution in [0, 0.1) is 0 Å². The number of aromatic carboxylic acids is 2. The zero-order valence-electron chi connectivity index (χ0n) is 11.1. The fourth-order valence-electron chi connectivity index (χ4n) is 2.43. The molecular weight excluding hydrogens is 274 g/mol. The number of carbonyl (C=O) groups is 2. The fourth-order valence-corrected chi connectivity index (χ4v) is 2.43. The molecule has 1 fully saturated rings. The Morgan fingerprint density at radius 3 is 2.24 bits per heavy atom. The lowest BCUT2D eigenvalue weighted by atomic mass is 9.82. The Labute approximate surface area is 119 Å². The Bertz CT molecular complexity index is 702. The van der Waals surface area contributed by atoms with Crippen LogP contribution in [0.2, 0.25) is 0 Å². The lowest BCUT2D eigenvalue weighted by Gasteiger charge is -2.26. The second-order valence-corrected chi connectivity index (χ2v) is 5.02. The Hall–Kier alpha value is -2.70. The Morgan fingerprint density at radius 2 is 1.76 bits per heavy atom. The first-order valence-corrected chi connectivity index (χ1v) is 6.60. The molecule has 0 unspecified atom stereocenters. The third kappa shape index (κ3) is 2.26. The van der Waals surface area contributed by atoms with E-state index in [0.717, 1.165) is 19.3 Å². The van der Waals surface area contributed by atoms with Crippen LogP contribution in [0.1, 0.15) is 51.7 Å². The second kappa shape index (κ2) is 5.01. The molecule has 21 heavy (non-hydrogen) atoms. The van der Waals surface area contributed by atoms with Gasteiger partial charge in [-0.15, -0.1) is 5.10 Å². The summed E-state index contributed by atoms with van der Waals surface area (Å²) in [7, 11) is 0. The number of hydrogen-bond acceptors (Lipinski definition) is 4. The summed E-state index contributed by atoms with van der Waals surface area (Å²) < 4.78 is 1.50. The molecule has 1 aromatic carbocycles. The highest BCUT2D eigenvalue weighted by Crippen LogP contribution is 2.38. The predicted molar refractivity (Wildman–Crippen MR) is 71.9 cm³/mol. The molecular formula is C14H13N3O4. The molecule has 1 aliphatic rings. The van der Waals surface area contributed by atoms with Crippen LogP contribution in [0.4, 0.5) is 0 Å². The van der Waals surface area contributed by atoms with Crippen molar-refractivity contribution in [1.82, 2.24) is 15.0 Å². The molecule has 7 heteroatoms. The van der Waals surface area contributed by atoms with Crippen molar-refractivity contribution < 1.29 is 19.8 Å². The Morgan fingerprint density at radius 1 is 1.10 bits per heavy atom. The quantitative estimate of drug-likeness (QED) is 0.890. The number of carboxylic acids is 2. The summed E-state index contributed by atoms with van der Waals surface area (Å²) in [5, 5.41) is 25.8. The van der Waals surface area contributed by atoms with E-state index in [4.69, 9.17) is 5.11 Å². The highest BCUT2D eigenvalue weighted by atomic mass is 16.4. The average molecular weight is 287 g/mol. The van der Waals surface area contributed by atoms with Crippen LogP contribution in [-0.4, -0.2) is 37.1 Å². The van der Waals surface area contributed by atoms with Gasteiger partial charge in [0, 0.05) is 5.92 Å². The van der Waals surface area contributed by atoms with Gasteiger partial charge in [0.2, 0.25) is 0 Å². The number of nitrogens with zero attached hydrogens (tertiary/aromatic N) is 3. The maximum atomic E-state index is 11.3. The molecule has 3 rings (SSSR count). The van der Waals surface area contributed by atoms with E-state index in [-0.39, 0.29) is 17.2 Å². The van der Waals surface area contributed by atoms with Crippen molar-refractivity contribution in [2.45, 2.75) is 25.2 Å². The molecule has 0 spiro atoms. The van der Waals surface area contributed by atoms with Crippen LogP contribution in [0.5, 0.6) is 0 Å². The molecule has 0 aliphatic heterocycles. The first-order valence-electron chi connectivity index (χ1n) is 6.60. The van der Waals surface area contributed by atoms with Crippen LogP contribution in [0.25, 0.3) is 5.69 Å². The standard InChI is InChI=1S/C14H13N3O4/c18-13(19)9-4-6-10(7-5-9)17-12(8-2-1-3-8)11(14(20)21)15-16-17/h4-8H,1-3H2,(H,18,19)(H,20,21). The van der Waals surface area contributed by atoms with E-state index in [1.54, 1.807) is 12.1 Å². The topological polar surface area (TPSA) is 105 Å². The van der Waals surface area contributed by atoms with E-state index in [2.05, 4.69) is 10.3 Å². The van der Waals surface area contributed by atoms with E-state index in [9.17, 15) is 14.7 Å². The SMILES string of the molecule is O=C(O)c1ccc(-n2nnc(C(=O)O)c2C2CCC2)cc1. The van der Waals surface area contributed by atoms with Gasteiger partial charge in [-0.3, -0.25) is 0 Å². The highest BCUT2D eigenvalue weighted by molar-refractivity contribution is 5.88. The first kappa shape index (κ1) is 13.3. The molecule has 1 aromatic heterocycles. The van der Waals surface area contributed by atoms with Crippen molar-refractivity contribution in [3.8, 4) is 5.69 Å². The normalized spacial score (nSPS) is 14.7. The summed E-state index contributed by atoms with van der Waals surface area (Å²) >= 11 is 0. The molecule has 0 saturated heterocycles. The predicted octanol–water partition coefficient (Wildman–Crippen LogP) is 1.93. The third-order valence-corrected chi connectivity index (χ3v) is 3.76. The zero-order valence-corrected chi connectivity index (χ0v) is 11.1. The van der Waals surface area contributed by atoms with E-state index in [0.29, 0.717) is 11.4 Å². The largest absolute Gasteiger partial charge is 0.478 e. The minimum atomic E-state index is -1.09. The van der Waals surface area contributed by atoms with Gasteiger partial charge < -0.3 is 10.2 Å². The first-order chi connectivity index (χ1) is 10.1. The van der Waals surface area contributed by atoms with E-state index < -0.39 is 11.9 Å². The van der Waals surface area contributed by atoms with Crippen LogP contribution in [0.3, 0.4) is 0 Å². The molecule has 2 N–H and O–H groups in total. The monoisotopic (exact) mass is 287 g/mol. The van der Waals surface area contributed by atoms with Crippen LogP contribution >= 0.6 is 0 Å². The highest BCUT2D eigenvalue weighted by Gasteiger charge is 2.31. The van der Waals surface area contributed by atoms with Gasteiger partial charge in [0.15, 0.2) is 5.69 Å². The van der Waals surface area contributed by atoms with E-state index >= 15 is 0 Å². The summed E-state index contributed by atoms with van der Waals surface area (Å²) in [5.41, 5.74) is 1.35. The lowest BCUT2D eigenvalue weighted by Crippen LogP contribution is -2.17. The molecule has 108 valence electrons. The van der Waals surface area contributed by atoms with Crippen molar-refractivity contribution in [2.75, 3.05) is 0 Å². The van der Waals surface area contributed by atoms with E-state index in [1.807, 2.05) is 0 Å². The zero-order chi connectivity index (χ0) is 15.0. The molecule has 0 radical (unpaired) electrons. The van der Waals surface area contributed by atoms with Gasteiger partial charge in [0.25, 0.3) is 0 Å². The van der Waals surface area contributed by atoms with Crippen molar-refractivity contribution >= 4 is 11.9 Å².